The highest BCUT2D eigenvalue weighted by Crippen LogP contribution is 2.28. The van der Waals surface area contributed by atoms with Crippen LogP contribution < -0.4 is 10.2 Å². The lowest BCUT2D eigenvalue weighted by Gasteiger charge is -2.33. The van der Waals surface area contributed by atoms with Gasteiger partial charge in [-0.3, -0.25) is 10.1 Å². The van der Waals surface area contributed by atoms with Crippen molar-refractivity contribution in [2.75, 3.05) is 25.0 Å². The molecule has 0 aliphatic carbocycles. The zero-order valence-electron chi connectivity index (χ0n) is 11.8. The molecule has 1 aliphatic heterocycles. The first-order valence-corrected chi connectivity index (χ1v) is 7.00. The van der Waals surface area contributed by atoms with Gasteiger partial charge in [0.15, 0.2) is 0 Å². The summed E-state index contributed by atoms with van der Waals surface area (Å²) in [6.45, 7) is 1.76. The van der Waals surface area contributed by atoms with E-state index in [9.17, 15) is 10.1 Å². The number of nitro groups is 1. The normalized spacial score (nSPS) is 18.9. The van der Waals surface area contributed by atoms with Gasteiger partial charge in [-0.1, -0.05) is 0 Å². The van der Waals surface area contributed by atoms with Gasteiger partial charge < -0.3 is 10.2 Å². The summed E-state index contributed by atoms with van der Waals surface area (Å²) in [5.74, 6) is 0.781. The van der Waals surface area contributed by atoms with Crippen molar-refractivity contribution in [1.29, 1.82) is 0 Å². The zero-order valence-corrected chi connectivity index (χ0v) is 11.8. The van der Waals surface area contributed by atoms with Crippen molar-refractivity contribution >= 4 is 22.4 Å². The topological polar surface area (TPSA) is 84.2 Å². The Kier molecular flexibility index (Phi) is 3.66. The van der Waals surface area contributed by atoms with Gasteiger partial charge in [-0.15, -0.1) is 0 Å². The van der Waals surface area contributed by atoms with Crippen molar-refractivity contribution in [3.05, 3.63) is 34.6 Å². The molecular weight excluding hydrogens is 270 g/mol. The summed E-state index contributed by atoms with van der Waals surface area (Å²) < 4.78 is 0. The van der Waals surface area contributed by atoms with Crippen LogP contribution in [0.2, 0.25) is 0 Å². The van der Waals surface area contributed by atoms with Crippen molar-refractivity contribution in [2.45, 2.75) is 18.9 Å². The van der Waals surface area contributed by atoms with Crippen molar-refractivity contribution in [2.24, 2.45) is 0 Å². The van der Waals surface area contributed by atoms with Gasteiger partial charge >= 0.3 is 0 Å². The summed E-state index contributed by atoms with van der Waals surface area (Å²) in [6.07, 6.45) is 3.73. The Morgan fingerprint density at radius 3 is 3.05 bits per heavy atom. The predicted octanol–water partition coefficient (Wildman–Crippen LogP) is 1.73. The molecule has 0 radical (unpaired) electrons. The number of hydrogen-bond donors (Lipinski definition) is 1. The lowest BCUT2D eigenvalue weighted by atomic mass is 10.1. The third-order valence-corrected chi connectivity index (χ3v) is 3.94. The number of benzene rings is 1. The van der Waals surface area contributed by atoms with Crippen LogP contribution in [0.3, 0.4) is 0 Å². The van der Waals surface area contributed by atoms with Gasteiger partial charge in [-0.05, 0) is 26.0 Å². The largest absolute Gasteiger partial charge is 0.354 e. The van der Waals surface area contributed by atoms with E-state index in [0.29, 0.717) is 6.04 Å². The molecule has 0 amide bonds. The van der Waals surface area contributed by atoms with Crippen LogP contribution in [0.15, 0.2) is 24.5 Å². The first-order valence-electron chi connectivity index (χ1n) is 7.00. The third kappa shape index (κ3) is 2.64. The second-order valence-corrected chi connectivity index (χ2v) is 5.23. The lowest BCUT2D eigenvalue weighted by molar-refractivity contribution is -0.384. The number of nitrogens with zero attached hydrogens (tertiary/aromatic N) is 4. The molecule has 2 heterocycles. The maximum absolute atomic E-state index is 11.0. The molecule has 3 rings (SSSR count). The summed E-state index contributed by atoms with van der Waals surface area (Å²) in [7, 11) is 1.96. The van der Waals surface area contributed by atoms with E-state index in [0.717, 1.165) is 42.7 Å². The highest BCUT2D eigenvalue weighted by atomic mass is 16.6. The molecule has 0 spiro atoms. The number of aromatic nitrogens is 2. The minimum absolute atomic E-state index is 0.0701. The second-order valence-electron chi connectivity index (χ2n) is 5.23. The van der Waals surface area contributed by atoms with Crippen LogP contribution in [0.4, 0.5) is 11.5 Å². The standard InChI is InChI=1S/C14H17N5O2/c1-15-10-3-2-6-18(8-10)14-12-7-11(19(20)21)4-5-13(12)16-9-17-14/h4-5,7,9-10,15H,2-3,6,8H2,1H3. The molecule has 1 aliphatic rings. The molecule has 110 valence electrons. The Labute approximate surface area is 122 Å². The predicted molar refractivity (Wildman–Crippen MR) is 80.5 cm³/mol. The van der Waals surface area contributed by atoms with Gasteiger partial charge in [0.05, 0.1) is 10.4 Å². The molecule has 1 saturated heterocycles. The highest BCUT2D eigenvalue weighted by Gasteiger charge is 2.22. The number of non-ortho nitro benzene ring substituents is 1. The van der Waals surface area contributed by atoms with Crippen LogP contribution in [0.25, 0.3) is 10.9 Å². The van der Waals surface area contributed by atoms with Crippen LogP contribution in [0.1, 0.15) is 12.8 Å². The van der Waals surface area contributed by atoms with Crippen LogP contribution >= 0.6 is 0 Å². The minimum Gasteiger partial charge on any atom is -0.354 e. The first-order chi connectivity index (χ1) is 10.2. The molecule has 1 fully saturated rings. The van der Waals surface area contributed by atoms with Crippen LogP contribution in [0, 0.1) is 10.1 Å². The van der Waals surface area contributed by atoms with Gasteiger partial charge in [0.2, 0.25) is 0 Å². The molecule has 7 heteroatoms. The summed E-state index contributed by atoms with van der Waals surface area (Å²) in [5.41, 5.74) is 0.804. The van der Waals surface area contributed by atoms with Gasteiger partial charge in [0.25, 0.3) is 5.69 Å². The molecule has 7 nitrogen and oxygen atoms in total. The quantitative estimate of drug-likeness (QED) is 0.683. The summed E-state index contributed by atoms with van der Waals surface area (Å²) in [4.78, 5) is 21.3. The number of hydrogen-bond acceptors (Lipinski definition) is 6. The molecule has 1 aromatic heterocycles. The molecule has 1 atom stereocenters. The Balaban J connectivity index is 2.04. The van der Waals surface area contributed by atoms with E-state index in [2.05, 4.69) is 20.2 Å². The maximum atomic E-state index is 11.0. The fourth-order valence-electron chi connectivity index (χ4n) is 2.80. The Morgan fingerprint density at radius 1 is 1.43 bits per heavy atom. The highest BCUT2D eigenvalue weighted by molar-refractivity contribution is 5.91. The Hall–Kier alpha value is -2.28. The third-order valence-electron chi connectivity index (χ3n) is 3.94. The molecule has 1 aromatic carbocycles. The van der Waals surface area contributed by atoms with Crippen LogP contribution in [0.5, 0.6) is 0 Å². The molecule has 0 bridgehead atoms. The van der Waals surface area contributed by atoms with Gasteiger partial charge in [0.1, 0.15) is 12.1 Å². The fourth-order valence-corrected chi connectivity index (χ4v) is 2.80. The SMILES string of the molecule is CNC1CCCN(c2ncnc3ccc([N+](=O)[O-])cc23)C1. The maximum Gasteiger partial charge on any atom is 0.270 e. The number of nitro benzene ring substituents is 1. The van der Waals surface area contributed by atoms with Gasteiger partial charge in [-0.25, -0.2) is 9.97 Å². The first kappa shape index (κ1) is 13.7. The van der Waals surface area contributed by atoms with Gasteiger partial charge in [0, 0.05) is 36.7 Å². The van der Waals surface area contributed by atoms with E-state index >= 15 is 0 Å². The van der Waals surface area contributed by atoms with Crippen molar-refractivity contribution in [3.63, 3.8) is 0 Å². The van der Waals surface area contributed by atoms with Crippen molar-refractivity contribution in [1.82, 2.24) is 15.3 Å². The molecule has 21 heavy (non-hydrogen) atoms. The average Bonchev–Trinajstić information content (AvgIpc) is 2.53. The smallest absolute Gasteiger partial charge is 0.270 e. The summed E-state index contributed by atoms with van der Waals surface area (Å²) in [5, 5.41) is 15.0. The monoisotopic (exact) mass is 287 g/mol. The Morgan fingerprint density at radius 2 is 2.29 bits per heavy atom. The van der Waals surface area contributed by atoms with Crippen LogP contribution in [-0.4, -0.2) is 41.1 Å². The number of nitrogens with one attached hydrogen (secondary N) is 1. The van der Waals surface area contributed by atoms with Gasteiger partial charge in [-0.2, -0.15) is 0 Å². The summed E-state index contributed by atoms with van der Waals surface area (Å²) >= 11 is 0. The van der Waals surface area contributed by atoms with E-state index in [1.165, 1.54) is 12.4 Å². The number of anilines is 1. The molecular formula is C14H17N5O2. The van der Waals surface area contributed by atoms with Crippen molar-refractivity contribution < 1.29 is 4.92 Å². The van der Waals surface area contributed by atoms with Crippen LogP contribution in [-0.2, 0) is 0 Å². The minimum atomic E-state index is -0.386. The number of rotatable bonds is 3. The van der Waals surface area contributed by atoms with Crippen molar-refractivity contribution in [3.8, 4) is 0 Å². The zero-order chi connectivity index (χ0) is 14.8. The van der Waals surface area contributed by atoms with E-state index in [-0.39, 0.29) is 10.6 Å². The number of likely N-dealkylation sites (N-methyl/N-ethyl adjacent to an activating group) is 1. The second kappa shape index (κ2) is 5.61. The van der Waals surface area contributed by atoms with E-state index in [1.807, 2.05) is 7.05 Å². The summed E-state index contributed by atoms with van der Waals surface area (Å²) in [6, 6.07) is 5.14. The number of piperidine rings is 1. The average molecular weight is 287 g/mol. The van der Waals surface area contributed by atoms with E-state index in [4.69, 9.17) is 0 Å². The molecule has 0 saturated carbocycles. The fraction of sp³-hybridized carbons (Fsp3) is 0.429. The number of fused-ring (bicyclic) bond motifs is 1. The van der Waals surface area contributed by atoms with E-state index in [1.54, 1.807) is 12.1 Å². The molecule has 2 aromatic rings. The Bertz CT molecular complexity index is 675. The molecule has 1 unspecified atom stereocenters. The van der Waals surface area contributed by atoms with E-state index < -0.39 is 0 Å². The molecule has 1 N–H and O–H groups in total. The lowest BCUT2D eigenvalue weighted by Crippen LogP contribution is -2.44.